The van der Waals surface area contributed by atoms with Crippen LogP contribution in [0, 0.1) is 5.92 Å². The third kappa shape index (κ3) is 8.38. The van der Waals surface area contributed by atoms with Crippen LogP contribution in [0.4, 0.5) is 0 Å². The molecule has 0 atom stereocenters. The fraction of sp³-hybridized carbons (Fsp3) is 0.357. The van der Waals surface area contributed by atoms with Gasteiger partial charge in [0.1, 0.15) is 6.54 Å². The maximum absolute atomic E-state index is 13.6. The lowest BCUT2D eigenvalue weighted by atomic mass is 10.1. The topological polar surface area (TPSA) is 59.1 Å². The molecule has 0 saturated heterocycles. The number of benzene rings is 2. The standard InChI is InChI=1S/C28H32Cl2N2O4S/c1-19(2)16-32(28(34)21-13-22(29)15-23(30)14-21)18-27(33)31(17-24-6-5-11-37-24)10-9-20-7-8-25(35-3)26(12-20)36-4/h5-8,11-15,19H,9-10,16-18H2,1-4H3. The largest absolute Gasteiger partial charge is 0.493 e. The number of amides is 2. The SMILES string of the molecule is COc1ccc(CCN(Cc2cccs2)C(=O)CN(CC(C)C)C(=O)c2cc(Cl)cc(Cl)c2)cc1OC. The molecule has 0 aliphatic heterocycles. The number of hydrogen-bond acceptors (Lipinski definition) is 5. The smallest absolute Gasteiger partial charge is 0.254 e. The number of carbonyl (C=O) groups excluding carboxylic acids is 2. The van der Waals surface area contributed by atoms with E-state index in [1.54, 1.807) is 53.6 Å². The maximum atomic E-state index is 13.6. The summed E-state index contributed by atoms with van der Waals surface area (Å²) in [6, 6.07) is 14.5. The van der Waals surface area contributed by atoms with Crippen molar-refractivity contribution in [2.24, 2.45) is 5.92 Å². The van der Waals surface area contributed by atoms with Crippen molar-refractivity contribution in [3.63, 3.8) is 0 Å². The van der Waals surface area contributed by atoms with Gasteiger partial charge in [-0.25, -0.2) is 0 Å². The van der Waals surface area contributed by atoms with Crippen LogP contribution in [0.2, 0.25) is 10.0 Å². The number of ether oxygens (including phenoxy) is 2. The molecule has 0 N–H and O–H groups in total. The van der Waals surface area contributed by atoms with E-state index in [-0.39, 0.29) is 24.3 Å². The molecule has 37 heavy (non-hydrogen) atoms. The third-order valence-corrected chi connectivity index (χ3v) is 7.00. The minimum absolute atomic E-state index is 0.0432. The average molecular weight is 564 g/mol. The van der Waals surface area contributed by atoms with Crippen molar-refractivity contribution in [2.75, 3.05) is 33.9 Å². The maximum Gasteiger partial charge on any atom is 0.254 e. The molecule has 0 saturated carbocycles. The Morgan fingerprint density at radius 1 is 0.946 bits per heavy atom. The van der Waals surface area contributed by atoms with Gasteiger partial charge in [-0.05, 0) is 59.7 Å². The fourth-order valence-corrected chi connectivity index (χ4v) is 5.21. The molecule has 2 amide bonds. The second kappa shape index (κ2) is 13.7. The lowest BCUT2D eigenvalue weighted by Gasteiger charge is -2.29. The monoisotopic (exact) mass is 562 g/mol. The lowest BCUT2D eigenvalue weighted by molar-refractivity contribution is -0.132. The number of rotatable bonds is 12. The number of nitrogens with zero attached hydrogens (tertiary/aromatic N) is 2. The predicted molar refractivity (Wildman–Crippen MR) is 150 cm³/mol. The first-order chi connectivity index (χ1) is 17.7. The van der Waals surface area contributed by atoms with Crippen LogP contribution in [0.1, 0.15) is 34.6 Å². The van der Waals surface area contributed by atoms with Gasteiger partial charge in [-0.3, -0.25) is 9.59 Å². The number of carbonyl (C=O) groups is 2. The zero-order valence-electron chi connectivity index (χ0n) is 21.5. The summed E-state index contributed by atoms with van der Waals surface area (Å²) in [4.78, 5) is 31.4. The molecule has 0 fully saturated rings. The van der Waals surface area contributed by atoms with Gasteiger partial charge in [-0.2, -0.15) is 0 Å². The number of hydrogen-bond donors (Lipinski definition) is 0. The number of thiophene rings is 1. The highest BCUT2D eigenvalue weighted by Gasteiger charge is 2.24. The predicted octanol–water partition coefficient (Wildman–Crippen LogP) is 6.44. The summed E-state index contributed by atoms with van der Waals surface area (Å²) in [6.07, 6.45) is 0.625. The minimum atomic E-state index is -0.276. The average Bonchev–Trinajstić information content (AvgIpc) is 3.37. The first-order valence-electron chi connectivity index (χ1n) is 12.0. The van der Waals surface area contributed by atoms with Crippen LogP contribution >= 0.6 is 34.5 Å². The van der Waals surface area contributed by atoms with E-state index in [1.807, 2.05) is 49.6 Å². The van der Waals surface area contributed by atoms with E-state index in [0.717, 1.165) is 10.4 Å². The summed E-state index contributed by atoms with van der Waals surface area (Å²) in [7, 11) is 3.20. The molecule has 6 nitrogen and oxygen atoms in total. The quantitative estimate of drug-likeness (QED) is 0.255. The van der Waals surface area contributed by atoms with Gasteiger partial charge in [0, 0.05) is 33.6 Å². The molecule has 0 radical (unpaired) electrons. The van der Waals surface area contributed by atoms with Crippen LogP contribution in [0.5, 0.6) is 11.5 Å². The van der Waals surface area contributed by atoms with Gasteiger partial charge in [-0.1, -0.05) is 49.2 Å². The molecular weight excluding hydrogens is 531 g/mol. The number of methoxy groups -OCH3 is 2. The summed E-state index contributed by atoms with van der Waals surface area (Å²) in [6.45, 7) is 5.36. The Kier molecular flexibility index (Phi) is 10.7. The minimum Gasteiger partial charge on any atom is -0.493 e. The Hall–Kier alpha value is -2.74. The van der Waals surface area contributed by atoms with Crippen LogP contribution < -0.4 is 9.47 Å². The summed E-state index contributed by atoms with van der Waals surface area (Å²) in [5.74, 6) is 1.06. The first-order valence-corrected chi connectivity index (χ1v) is 13.6. The van der Waals surface area contributed by atoms with Gasteiger partial charge in [0.05, 0.1) is 20.8 Å². The Morgan fingerprint density at radius 2 is 1.65 bits per heavy atom. The molecule has 9 heteroatoms. The Balaban J connectivity index is 1.80. The number of halogens is 2. The first kappa shape index (κ1) is 28.8. The molecule has 0 aliphatic carbocycles. The zero-order valence-corrected chi connectivity index (χ0v) is 23.8. The highest BCUT2D eigenvalue weighted by Crippen LogP contribution is 2.28. The van der Waals surface area contributed by atoms with E-state index in [4.69, 9.17) is 32.7 Å². The normalized spacial score (nSPS) is 10.9. The van der Waals surface area contributed by atoms with Crippen LogP contribution in [0.25, 0.3) is 0 Å². The Labute approximate surface area is 232 Å². The van der Waals surface area contributed by atoms with Crippen molar-refractivity contribution in [1.29, 1.82) is 0 Å². The van der Waals surface area contributed by atoms with Crippen LogP contribution in [-0.4, -0.2) is 55.5 Å². The summed E-state index contributed by atoms with van der Waals surface area (Å²) in [5, 5.41) is 2.74. The zero-order chi connectivity index (χ0) is 26.9. The van der Waals surface area contributed by atoms with Crippen molar-refractivity contribution in [2.45, 2.75) is 26.8 Å². The summed E-state index contributed by atoms with van der Waals surface area (Å²) in [5.41, 5.74) is 1.38. The van der Waals surface area contributed by atoms with E-state index >= 15 is 0 Å². The molecular formula is C28H32Cl2N2O4S. The highest BCUT2D eigenvalue weighted by atomic mass is 35.5. The van der Waals surface area contributed by atoms with Gasteiger partial charge >= 0.3 is 0 Å². The Morgan fingerprint density at radius 3 is 2.24 bits per heavy atom. The summed E-state index contributed by atoms with van der Waals surface area (Å²) >= 11 is 13.9. The van der Waals surface area contributed by atoms with E-state index in [1.165, 1.54) is 0 Å². The Bertz CT molecular complexity index is 1180. The van der Waals surface area contributed by atoms with Gasteiger partial charge < -0.3 is 19.3 Å². The molecule has 1 heterocycles. The van der Waals surface area contributed by atoms with E-state index in [2.05, 4.69) is 0 Å². The van der Waals surface area contributed by atoms with Crippen LogP contribution in [0.15, 0.2) is 53.9 Å². The molecule has 1 aromatic heterocycles. The lowest BCUT2D eigenvalue weighted by Crippen LogP contribution is -2.44. The van der Waals surface area contributed by atoms with Crippen molar-refractivity contribution < 1.29 is 19.1 Å². The van der Waals surface area contributed by atoms with E-state index < -0.39 is 0 Å². The molecule has 0 bridgehead atoms. The van der Waals surface area contributed by atoms with E-state index in [9.17, 15) is 9.59 Å². The second-order valence-electron chi connectivity index (χ2n) is 9.07. The highest BCUT2D eigenvalue weighted by molar-refractivity contribution is 7.09. The van der Waals surface area contributed by atoms with Crippen molar-refractivity contribution >= 4 is 46.4 Å². The van der Waals surface area contributed by atoms with Gasteiger partial charge in [0.2, 0.25) is 5.91 Å². The van der Waals surface area contributed by atoms with Crippen LogP contribution in [0.3, 0.4) is 0 Å². The van der Waals surface area contributed by atoms with Crippen LogP contribution in [-0.2, 0) is 17.8 Å². The fourth-order valence-electron chi connectivity index (χ4n) is 3.97. The van der Waals surface area contributed by atoms with Gasteiger partial charge in [0.25, 0.3) is 5.91 Å². The summed E-state index contributed by atoms with van der Waals surface area (Å²) < 4.78 is 10.8. The second-order valence-corrected chi connectivity index (χ2v) is 11.0. The molecule has 2 aromatic carbocycles. The molecule has 0 unspecified atom stereocenters. The molecule has 198 valence electrons. The van der Waals surface area contributed by atoms with Crippen molar-refractivity contribution in [1.82, 2.24) is 9.80 Å². The molecule has 0 aliphatic rings. The van der Waals surface area contributed by atoms with Crippen molar-refractivity contribution in [3.05, 3.63) is 80.0 Å². The molecule has 0 spiro atoms. The van der Waals surface area contributed by atoms with Gasteiger partial charge in [-0.15, -0.1) is 11.3 Å². The van der Waals surface area contributed by atoms with E-state index in [0.29, 0.717) is 53.2 Å². The third-order valence-electron chi connectivity index (χ3n) is 5.71. The molecule has 3 aromatic rings. The molecule has 3 rings (SSSR count). The van der Waals surface area contributed by atoms with Gasteiger partial charge in [0.15, 0.2) is 11.5 Å². The van der Waals surface area contributed by atoms with Crippen molar-refractivity contribution in [3.8, 4) is 11.5 Å².